The average Bonchev–Trinajstić information content (AvgIpc) is 1.76. The molecule has 0 heterocycles. The molecule has 0 atom stereocenters. The van der Waals surface area contributed by atoms with Gasteiger partial charge in [-0.3, -0.25) is 19.2 Å². The van der Waals surface area contributed by atoms with Crippen LogP contribution < -0.4 is 80.9 Å². The van der Waals surface area contributed by atoms with Gasteiger partial charge in [0.05, 0.1) is 0 Å². The van der Waals surface area contributed by atoms with Crippen molar-refractivity contribution in [3.8, 4) is 0 Å². The van der Waals surface area contributed by atoms with E-state index in [0.29, 0.717) is 0 Å². The number of carboxylic acid groups (broad SMARTS) is 4. The fraction of sp³-hybridized carbons (Fsp3) is 0.500. The van der Waals surface area contributed by atoms with Crippen molar-refractivity contribution in [3.05, 3.63) is 0 Å². The fourth-order valence-electron chi connectivity index (χ4n) is 0. The third-order valence-corrected chi connectivity index (χ3v) is 0. The van der Waals surface area contributed by atoms with E-state index >= 15 is 0 Å². The second-order valence-electron chi connectivity index (χ2n) is 2.08. The minimum absolute atomic E-state index is 0. The van der Waals surface area contributed by atoms with Gasteiger partial charge in [-0.1, -0.05) is 0 Å². The summed E-state index contributed by atoms with van der Waals surface area (Å²) in [6.07, 6.45) is 0. The van der Waals surface area contributed by atoms with Gasteiger partial charge in [0.25, 0.3) is 23.9 Å². The van der Waals surface area contributed by atoms with Gasteiger partial charge in [-0.15, -0.1) is 0 Å². The first-order chi connectivity index (χ1) is 6.93. The molecule has 18 heavy (non-hydrogen) atoms. The Kier molecular flexibility index (Phi) is 61.5. The largest absolute Gasteiger partial charge is 1.00 e. The first kappa shape index (κ1) is 36.3. The van der Waals surface area contributed by atoms with Crippen LogP contribution in [-0.4, -0.2) is 44.3 Å². The van der Waals surface area contributed by atoms with Crippen molar-refractivity contribution in [2.24, 2.45) is 0 Å². The van der Waals surface area contributed by atoms with Crippen LogP contribution in [0.4, 0.5) is 0 Å². The number of rotatable bonds is 0. The molecule has 0 aliphatic heterocycles. The Balaban J connectivity index is -0.0000000150. The Morgan fingerprint density at radius 2 is 0.611 bits per heavy atom. The van der Waals surface area contributed by atoms with E-state index < -0.39 is 23.9 Å². The first-order valence-corrected chi connectivity index (χ1v) is 3.71. The van der Waals surface area contributed by atoms with Crippen LogP contribution in [0.3, 0.4) is 0 Å². The summed E-state index contributed by atoms with van der Waals surface area (Å²) in [6.45, 7) is 4.33. The van der Waals surface area contributed by atoms with Crippen LogP contribution in [0.2, 0.25) is 0 Å². The maximum absolute atomic E-state index is 9.00. The van der Waals surface area contributed by atoms with Crippen molar-refractivity contribution in [1.29, 1.82) is 0 Å². The van der Waals surface area contributed by atoms with Crippen LogP contribution in [0.5, 0.6) is 0 Å². The van der Waals surface area contributed by atoms with Crippen LogP contribution in [0.1, 0.15) is 30.5 Å². The van der Waals surface area contributed by atoms with Crippen molar-refractivity contribution in [2.75, 3.05) is 0 Å². The summed E-state index contributed by atoms with van der Waals surface area (Å²) in [4.78, 5) is 36.0. The molecule has 4 N–H and O–H groups in total. The molecule has 0 rings (SSSR count). The van der Waals surface area contributed by atoms with Crippen molar-refractivity contribution in [1.82, 2.24) is 0 Å². The summed E-state index contributed by atoms with van der Waals surface area (Å²) in [6, 6.07) is 0. The monoisotopic (exact) mass is 304 g/mol. The number of carboxylic acids is 4. The molecule has 0 saturated carbocycles. The molecule has 0 aliphatic carbocycles. The minimum atomic E-state index is -0.833. The normalized spacial score (nSPS) is 5.56. The van der Waals surface area contributed by atoms with E-state index in [9.17, 15) is 0 Å². The molecular formula is C8H18KNaO8. The predicted octanol–water partition coefficient (Wildman–Crippen LogP) is -5.40. The van der Waals surface area contributed by atoms with Gasteiger partial charge in [0.15, 0.2) is 0 Å². The van der Waals surface area contributed by atoms with Gasteiger partial charge < -0.3 is 23.3 Å². The molecule has 0 saturated heterocycles. The zero-order valence-electron chi connectivity index (χ0n) is 13.4. The molecule has 0 amide bonds. The smallest absolute Gasteiger partial charge is 1.00 e. The summed E-state index contributed by atoms with van der Waals surface area (Å²) in [5.41, 5.74) is 0. The molecule has 0 fully saturated rings. The maximum atomic E-state index is 9.00. The molecule has 0 aromatic rings. The zero-order chi connectivity index (χ0) is 14.3. The standard InChI is InChI=1S/4C2H4O2.K.Na.2H/c4*1-2(3)4;;;;/h4*1H3,(H,3,4);;;;/q;;;;2*+1;2*-1. The number of hydrogen-bond acceptors (Lipinski definition) is 4. The molecule has 0 spiro atoms. The van der Waals surface area contributed by atoms with Gasteiger partial charge in [0.1, 0.15) is 0 Å². The Morgan fingerprint density at radius 1 is 0.611 bits per heavy atom. The second-order valence-corrected chi connectivity index (χ2v) is 2.08. The van der Waals surface area contributed by atoms with Gasteiger partial charge in [-0.25, -0.2) is 0 Å². The Bertz CT molecular complexity index is 177. The zero-order valence-corrected chi connectivity index (χ0v) is 16.5. The van der Waals surface area contributed by atoms with Crippen molar-refractivity contribution in [3.63, 3.8) is 0 Å². The van der Waals surface area contributed by atoms with Gasteiger partial charge in [-0.2, -0.15) is 0 Å². The Morgan fingerprint density at radius 3 is 0.611 bits per heavy atom. The van der Waals surface area contributed by atoms with Crippen LogP contribution >= 0.6 is 0 Å². The van der Waals surface area contributed by atoms with Gasteiger partial charge in [-0.05, 0) is 0 Å². The average molecular weight is 304 g/mol. The van der Waals surface area contributed by atoms with E-state index in [4.69, 9.17) is 39.6 Å². The van der Waals surface area contributed by atoms with Crippen molar-refractivity contribution >= 4 is 23.9 Å². The number of carbonyl (C=O) groups is 4. The second kappa shape index (κ2) is 30.5. The van der Waals surface area contributed by atoms with Crippen LogP contribution in [0.15, 0.2) is 0 Å². The quantitative estimate of drug-likeness (QED) is 0.324. The van der Waals surface area contributed by atoms with E-state index in [1.165, 1.54) is 0 Å². The number of hydrogen-bond donors (Lipinski definition) is 4. The molecule has 10 heteroatoms. The third-order valence-electron chi connectivity index (χ3n) is 0. The molecule has 0 aliphatic rings. The summed E-state index contributed by atoms with van der Waals surface area (Å²) < 4.78 is 0. The Hall–Kier alpha value is 0.516. The topological polar surface area (TPSA) is 149 Å². The van der Waals surface area contributed by atoms with Crippen LogP contribution in [-0.2, 0) is 19.2 Å². The maximum Gasteiger partial charge on any atom is 1.00 e. The molecule has 8 nitrogen and oxygen atoms in total. The molecule has 0 unspecified atom stereocenters. The summed E-state index contributed by atoms with van der Waals surface area (Å²) in [7, 11) is 0. The van der Waals surface area contributed by atoms with Gasteiger partial charge >= 0.3 is 80.9 Å². The first-order valence-electron chi connectivity index (χ1n) is 3.71. The van der Waals surface area contributed by atoms with E-state index in [1.807, 2.05) is 0 Å². The van der Waals surface area contributed by atoms with Crippen molar-refractivity contribution < 1.29 is 123 Å². The number of aliphatic carboxylic acids is 4. The Labute approximate surface area is 172 Å². The minimum Gasteiger partial charge on any atom is -1.00 e. The molecule has 0 aromatic heterocycles. The van der Waals surface area contributed by atoms with E-state index in [0.717, 1.165) is 27.7 Å². The predicted molar refractivity (Wildman–Crippen MR) is 55.5 cm³/mol. The van der Waals surface area contributed by atoms with E-state index in [2.05, 4.69) is 0 Å². The SMILES string of the molecule is CC(=O)O.CC(=O)O.CC(=O)O.CC(=O)O.[H-].[H-].[K+].[Na+]. The van der Waals surface area contributed by atoms with Crippen LogP contribution in [0.25, 0.3) is 0 Å². The summed E-state index contributed by atoms with van der Waals surface area (Å²) >= 11 is 0. The summed E-state index contributed by atoms with van der Waals surface area (Å²) in [5.74, 6) is -3.33. The molecule has 0 bridgehead atoms. The molecule has 0 radical (unpaired) electrons. The van der Waals surface area contributed by atoms with Gasteiger partial charge in [0.2, 0.25) is 0 Å². The summed E-state index contributed by atoms with van der Waals surface area (Å²) in [5, 5.41) is 29.7. The fourth-order valence-corrected chi connectivity index (χ4v) is 0. The van der Waals surface area contributed by atoms with Crippen LogP contribution in [0, 0.1) is 0 Å². The molecule has 100 valence electrons. The van der Waals surface area contributed by atoms with E-state index in [1.54, 1.807) is 0 Å². The molecular weight excluding hydrogens is 286 g/mol. The third kappa shape index (κ3) is 14900. The molecule has 0 aromatic carbocycles. The van der Waals surface area contributed by atoms with Crippen molar-refractivity contribution in [2.45, 2.75) is 27.7 Å². The van der Waals surface area contributed by atoms with Gasteiger partial charge in [0, 0.05) is 27.7 Å². The van der Waals surface area contributed by atoms with E-state index in [-0.39, 0.29) is 83.8 Å².